The summed E-state index contributed by atoms with van der Waals surface area (Å²) in [7, 11) is 2.19. The summed E-state index contributed by atoms with van der Waals surface area (Å²) < 4.78 is 2.09. The largest absolute Gasteiger partial charge is 0.369 e. The van der Waals surface area contributed by atoms with Gasteiger partial charge >= 0.3 is 0 Å². The maximum atomic E-state index is 6.08. The summed E-state index contributed by atoms with van der Waals surface area (Å²) in [4.78, 5) is 6.82. The lowest BCUT2D eigenvalue weighted by Gasteiger charge is -2.32. The first-order chi connectivity index (χ1) is 9.15. The molecule has 5 heteroatoms. The SMILES string of the molecule is CN1CCCCC1Cn1c(N)nc2ccc(Cl)cc21. The van der Waals surface area contributed by atoms with E-state index in [9.17, 15) is 0 Å². The van der Waals surface area contributed by atoms with Crippen molar-refractivity contribution in [3.8, 4) is 0 Å². The fourth-order valence-corrected chi connectivity index (χ4v) is 3.06. The van der Waals surface area contributed by atoms with Gasteiger partial charge in [-0.15, -0.1) is 0 Å². The summed E-state index contributed by atoms with van der Waals surface area (Å²) in [6, 6.07) is 6.26. The highest BCUT2D eigenvalue weighted by atomic mass is 35.5. The Bertz CT molecular complexity index is 592. The van der Waals surface area contributed by atoms with Crippen LogP contribution in [0.5, 0.6) is 0 Å². The second-order valence-corrected chi connectivity index (χ2v) is 5.78. The molecule has 3 rings (SSSR count). The molecule has 1 fully saturated rings. The van der Waals surface area contributed by atoms with Gasteiger partial charge in [-0.3, -0.25) is 0 Å². The number of halogens is 1. The molecule has 0 bridgehead atoms. The van der Waals surface area contributed by atoms with Gasteiger partial charge in [0.2, 0.25) is 5.95 Å². The third-order valence-electron chi connectivity index (χ3n) is 4.05. The zero-order valence-corrected chi connectivity index (χ0v) is 11.9. The molecule has 4 nitrogen and oxygen atoms in total. The number of nitrogen functional groups attached to an aromatic ring is 1. The van der Waals surface area contributed by atoms with Crippen LogP contribution in [0.1, 0.15) is 19.3 Å². The number of anilines is 1. The molecular weight excluding hydrogens is 260 g/mol. The van der Waals surface area contributed by atoms with Crippen LogP contribution in [0, 0.1) is 0 Å². The molecule has 1 saturated heterocycles. The van der Waals surface area contributed by atoms with Crippen LogP contribution in [-0.2, 0) is 6.54 Å². The molecule has 0 amide bonds. The molecule has 1 aromatic carbocycles. The van der Waals surface area contributed by atoms with Crippen LogP contribution < -0.4 is 5.73 Å². The summed E-state index contributed by atoms with van der Waals surface area (Å²) in [5.74, 6) is 0.580. The van der Waals surface area contributed by atoms with E-state index in [4.69, 9.17) is 17.3 Å². The third kappa shape index (κ3) is 2.42. The van der Waals surface area contributed by atoms with Crippen molar-refractivity contribution in [1.82, 2.24) is 14.5 Å². The number of hydrogen-bond acceptors (Lipinski definition) is 3. The minimum absolute atomic E-state index is 0.535. The molecule has 19 heavy (non-hydrogen) atoms. The normalized spacial score (nSPS) is 21.1. The number of benzene rings is 1. The van der Waals surface area contributed by atoms with Gasteiger partial charge < -0.3 is 15.2 Å². The molecule has 1 aliphatic heterocycles. The summed E-state index contributed by atoms with van der Waals surface area (Å²) >= 11 is 6.08. The molecule has 102 valence electrons. The topological polar surface area (TPSA) is 47.1 Å². The van der Waals surface area contributed by atoms with Crippen LogP contribution in [0.3, 0.4) is 0 Å². The van der Waals surface area contributed by atoms with Gasteiger partial charge in [-0.2, -0.15) is 0 Å². The Morgan fingerprint density at radius 3 is 3.05 bits per heavy atom. The average molecular weight is 279 g/mol. The van der Waals surface area contributed by atoms with E-state index in [1.165, 1.54) is 19.3 Å². The molecule has 0 spiro atoms. The predicted molar refractivity (Wildman–Crippen MR) is 79.4 cm³/mol. The van der Waals surface area contributed by atoms with Crippen molar-refractivity contribution in [3.05, 3.63) is 23.2 Å². The van der Waals surface area contributed by atoms with Crippen molar-refractivity contribution in [3.63, 3.8) is 0 Å². The second kappa shape index (κ2) is 5.02. The Kier molecular flexibility index (Phi) is 3.37. The van der Waals surface area contributed by atoms with E-state index < -0.39 is 0 Å². The summed E-state index contributed by atoms with van der Waals surface area (Å²) in [6.45, 7) is 2.05. The molecule has 2 heterocycles. The maximum absolute atomic E-state index is 6.08. The van der Waals surface area contributed by atoms with Gasteiger partial charge in [-0.1, -0.05) is 18.0 Å². The number of likely N-dealkylation sites (N-methyl/N-ethyl adjacent to an activating group) is 1. The molecule has 1 aliphatic rings. The molecule has 1 aromatic heterocycles. The molecule has 1 atom stereocenters. The van der Waals surface area contributed by atoms with E-state index in [1.807, 2.05) is 18.2 Å². The van der Waals surface area contributed by atoms with Crippen molar-refractivity contribution in [2.75, 3.05) is 19.3 Å². The van der Waals surface area contributed by atoms with Gasteiger partial charge in [0.15, 0.2) is 0 Å². The molecule has 2 aromatic rings. The van der Waals surface area contributed by atoms with Crippen molar-refractivity contribution in [1.29, 1.82) is 0 Å². The number of rotatable bonds is 2. The number of nitrogens with zero attached hydrogens (tertiary/aromatic N) is 3. The van der Waals surface area contributed by atoms with Gasteiger partial charge in [0.05, 0.1) is 11.0 Å². The highest BCUT2D eigenvalue weighted by Crippen LogP contribution is 2.24. The van der Waals surface area contributed by atoms with Crippen LogP contribution in [0.2, 0.25) is 5.02 Å². The van der Waals surface area contributed by atoms with Crippen LogP contribution >= 0.6 is 11.6 Å². The highest BCUT2D eigenvalue weighted by Gasteiger charge is 2.21. The Morgan fingerprint density at radius 1 is 1.42 bits per heavy atom. The van der Waals surface area contributed by atoms with Gasteiger partial charge in [0, 0.05) is 17.6 Å². The minimum Gasteiger partial charge on any atom is -0.369 e. The van der Waals surface area contributed by atoms with E-state index in [1.54, 1.807) is 0 Å². The lowest BCUT2D eigenvalue weighted by atomic mass is 10.0. The number of piperidine rings is 1. The maximum Gasteiger partial charge on any atom is 0.201 e. The third-order valence-corrected chi connectivity index (χ3v) is 4.29. The number of imidazole rings is 1. The van der Waals surface area contributed by atoms with E-state index in [0.29, 0.717) is 12.0 Å². The minimum atomic E-state index is 0.535. The Hall–Kier alpha value is -1.26. The van der Waals surface area contributed by atoms with Crippen LogP contribution in [-0.4, -0.2) is 34.1 Å². The first-order valence-corrected chi connectivity index (χ1v) is 7.14. The summed E-state index contributed by atoms with van der Waals surface area (Å²) in [6.07, 6.45) is 3.80. The number of nitrogens with two attached hydrogens (primary N) is 1. The van der Waals surface area contributed by atoms with Crippen molar-refractivity contribution < 1.29 is 0 Å². The molecule has 1 unspecified atom stereocenters. The van der Waals surface area contributed by atoms with Crippen LogP contribution in [0.4, 0.5) is 5.95 Å². The number of likely N-dealkylation sites (tertiary alicyclic amines) is 1. The second-order valence-electron chi connectivity index (χ2n) is 5.34. The summed E-state index contributed by atoms with van der Waals surface area (Å²) in [5.41, 5.74) is 8.00. The lowest BCUT2D eigenvalue weighted by molar-refractivity contribution is 0.169. The Labute approximate surface area is 118 Å². The lowest BCUT2D eigenvalue weighted by Crippen LogP contribution is -2.39. The van der Waals surface area contributed by atoms with E-state index in [2.05, 4.69) is 21.5 Å². The smallest absolute Gasteiger partial charge is 0.201 e. The first kappa shape index (κ1) is 12.8. The van der Waals surface area contributed by atoms with Crippen molar-refractivity contribution in [2.24, 2.45) is 0 Å². The first-order valence-electron chi connectivity index (χ1n) is 6.76. The zero-order valence-electron chi connectivity index (χ0n) is 11.1. The van der Waals surface area contributed by atoms with Crippen molar-refractivity contribution >= 4 is 28.6 Å². The average Bonchev–Trinajstić information content (AvgIpc) is 2.69. The van der Waals surface area contributed by atoms with Crippen LogP contribution in [0.25, 0.3) is 11.0 Å². The van der Waals surface area contributed by atoms with E-state index in [-0.39, 0.29) is 0 Å². The molecule has 0 saturated carbocycles. The molecular formula is C14H19ClN4. The van der Waals surface area contributed by atoms with Gasteiger partial charge in [-0.05, 0) is 44.6 Å². The van der Waals surface area contributed by atoms with Gasteiger partial charge in [0.25, 0.3) is 0 Å². The zero-order chi connectivity index (χ0) is 13.4. The van der Waals surface area contributed by atoms with Gasteiger partial charge in [0.1, 0.15) is 0 Å². The fraction of sp³-hybridized carbons (Fsp3) is 0.500. The quantitative estimate of drug-likeness (QED) is 0.919. The van der Waals surface area contributed by atoms with Crippen molar-refractivity contribution in [2.45, 2.75) is 31.8 Å². The number of hydrogen-bond donors (Lipinski definition) is 1. The number of fused-ring (bicyclic) bond motifs is 1. The fourth-order valence-electron chi connectivity index (χ4n) is 2.89. The molecule has 0 radical (unpaired) electrons. The Morgan fingerprint density at radius 2 is 2.26 bits per heavy atom. The van der Waals surface area contributed by atoms with E-state index in [0.717, 1.165) is 29.1 Å². The highest BCUT2D eigenvalue weighted by molar-refractivity contribution is 6.31. The standard InChI is InChI=1S/C14H19ClN4/c1-18-7-3-2-4-11(18)9-19-13-8-10(15)5-6-12(13)17-14(19)16/h5-6,8,11H,2-4,7,9H2,1H3,(H2,16,17). The molecule has 2 N–H and O–H groups in total. The van der Waals surface area contributed by atoms with E-state index >= 15 is 0 Å². The van der Waals surface area contributed by atoms with Gasteiger partial charge in [-0.25, -0.2) is 4.98 Å². The molecule has 0 aliphatic carbocycles. The number of aromatic nitrogens is 2. The predicted octanol–water partition coefficient (Wildman–Crippen LogP) is 2.76. The summed E-state index contributed by atoms with van der Waals surface area (Å²) in [5, 5.41) is 0.727. The monoisotopic (exact) mass is 278 g/mol. The Balaban J connectivity index is 1.95. The van der Waals surface area contributed by atoms with Crippen LogP contribution in [0.15, 0.2) is 18.2 Å².